The van der Waals surface area contributed by atoms with Crippen LogP contribution >= 0.6 is 0 Å². The molecule has 0 saturated carbocycles. The molecule has 0 aromatic heterocycles. The summed E-state index contributed by atoms with van der Waals surface area (Å²) in [5.74, 6) is -0.196. The maximum Gasteiger partial charge on any atom is 0.326 e. The van der Waals surface area contributed by atoms with Gasteiger partial charge < -0.3 is 14.8 Å². The smallest absolute Gasteiger partial charge is 0.326 e. The highest BCUT2D eigenvalue weighted by atomic mass is 16.5. The quantitative estimate of drug-likeness (QED) is 0.626. The van der Waals surface area contributed by atoms with E-state index >= 15 is 0 Å². The van der Waals surface area contributed by atoms with Crippen LogP contribution in [0, 0.1) is 0 Å². The highest BCUT2D eigenvalue weighted by molar-refractivity contribution is 5.80. The molecule has 0 saturated heterocycles. The molecule has 0 radical (unpaired) electrons. The zero-order valence-electron chi connectivity index (χ0n) is 14.3. The number of rotatable bonds is 10. The van der Waals surface area contributed by atoms with E-state index in [0.29, 0.717) is 13.0 Å². The van der Waals surface area contributed by atoms with Crippen molar-refractivity contribution in [3.63, 3.8) is 0 Å². The standard InChI is InChI=1S/C16H33NO3/c1-8-11-17-16(7,14(18)19-10-3)12-13(4)20-15(5,6)9-2/h13,17H,8-12H2,1-7H3. The second-order valence-corrected chi connectivity index (χ2v) is 6.23. The van der Waals surface area contributed by atoms with Crippen LogP contribution in [0.1, 0.15) is 67.7 Å². The average molecular weight is 287 g/mol. The van der Waals surface area contributed by atoms with E-state index in [1.54, 1.807) is 0 Å². The Balaban J connectivity index is 4.75. The Morgan fingerprint density at radius 3 is 2.25 bits per heavy atom. The highest BCUT2D eigenvalue weighted by Gasteiger charge is 2.37. The fraction of sp³-hybridized carbons (Fsp3) is 0.938. The van der Waals surface area contributed by atoms with Crippen LogP contribution in [0.15, 0.2) is 0 Å². The van der Waals surface area contributed by atoms with E-state index in [2.05, 4.69) is 33.0 Å². The molecular weight excluding hydrogens is 254 g/mol. The van der Waals surface area contributed by atoms with Gasteiger partial charge in [0.2, 0.25) is 0 Å². The number of carbonyl (C=O) groups is 1. The number of carbonyl (C=O) groups excluding carboxylic acids is 1. The third-order valence-corrected chi connectivity index (χ3v) is 3.56. The van der Waals surface area contributed by atoms with E-state index < -0.39 is 5.54 Å². The lowest BCUT2D eigenvalue weighted by Crippen LogP contribution is -2.53. The molecular formula is C16H33NO3. The Morgan fingerprint density at radius 1 is 1.20 bits per heavy atom. The van der Waals surface area contributed by atoms with Crippen molar-refractivity contribution in [1.82, 2.24) is 5.32 Å². The third kappa shape index (κ3) is 6.71. The Morgan fingerprint density at radius 2 is 1.80 bits per heavy atom. The van der Waals surface area contributed by atoms with Crippen molar-refractivity contribution in [3.8, 4) is 0 Å². The van der Waals surface area contributed by atoms with Gasteiger partial charge in [-0.25, -0.2) is 0 Å². The van der Waals surface area contributed by atoms with Gasteiger partial charge >= 0.3 is 5.97 Å². The molecule has 0 heterocycles. The van der Waals surface area contributed by atoms with Crippen LogP contribution in [0.3, 0.4) is 0 Å². The summed E-state index contributed by atoms with van der Waals surface area (Å²) < 4.78 is 11.2. The minimum atomic E-state index is -0.685. The van der Waals surface area contributed by atoms with Crippen molar-refractivity contribution in [2.75, 3.05) is 13.2 Å². The van der Waals surface area contributed by atoms with Crippen LogP contribution < -0.4 is 5.32 Å². The lowest BCUT2D eigenvalue weighted by atomic mass is 9.93. The average Bonchev–Trinajstić information content (AvgIpc) is 2.35. The molecule has 4 heteroatoms. The van der Waals surface area contributed by atoms with Crippen LogP contribution in [0.4, 0.5) is 0 Å². The molecule has 2 atom stereocenters. The highest BCUT2D eigenvalue weighted by Crippen LogP contribution is 2.23. The van der Waals surface area contributed by atoms with Gasteiger partial charge in [-0.1, -0.05) is 13.8 Å². The first-order chi connectivity index (χ1) is 9.20. The molecule has 0 aromatic rings. The zero-order chi connectivity index (χ0) is 15.8. The van der Waals surface area contributed by atoms with E-state index in [9.17, 15) is 4.79 Å². The van der Waals surface area contributed by atoms with Crippen molar-refractivity contribution in [3.05, 3.63) is 0 Å². The Kier molecular flexibility index (Phi) is 8.36. The summed E-state index contributed by atoms with van der Waals surface area (Å²) in [6, 6.07) is 0. The Hall–Kier alpha value is -0.610. The predicted octanol–water partition coefficient (Wildman–Crippen LogP) is 3.29. The summed E-state index contributed by atoms with van der Waals surface area (Å²) in [4.78, 5) is 12.2. The molecule has 0 rings (SSSR count). The molecule has 20 heavy (non-hydrogen) atoms. The van der Waals surface area contributed by atoms with Gasteiger partial charge in [-0.05, 0) is 54.0 Å². The SMILES string of the molecule is CCCNC(C)(CC(C)OC(C)(C)CC)C(=O)OCC. The second kappa shape index (κ2) is 8.63. The molecule has 0 amide bonds. The van der Waals surface area contributed by atoms with Crippen LogP contribution in [-0.2, 0) is 14.3 Å². The summed E-state index contributed by atoms with van der Waals surface area (Å²) in [6.07, 6.45) is 2.51. The normalized spacial score (nSPS) is 16.6. The number of esters is 1. The van der Waals surface area contributed by atoms with Crippen molar-refractivity contribution in [2.45, 2.75) is 85.0 Å². The molecule has 0 aliphatic rings. The van der Waals surface area contributed by atoms with Gasteiger partial charge in [0.25, 0.3) is 0 Å². The van der Waals surface area contributed by atoms with E-state index in [1.165, 1.54) is 0 Å². The fourth-order valence-electron chi connectivity index (χ4n) is 2.16. The fourth-order valence-corrected chi connectivity index (χ4v) is 2.16. The van der Waals surface area contributed by atoms with Gasteiger partial charge in [0.05, 0.1) is 18.3 Å². The van der Waals surface area contributed by atoms with Crippen molar-refractivity contribution >= 4 is 5.97 Å². The van der Waals surface area contributed by atoms with Gasteiger partial charge in [-0.15, -0.1) is 0 Å². The first-order valence-electron chi connectivity index (χ1n) is 7.80. The number of hydrogen-bond donors (Lipinski definition) is 1. The predicted molar refractivity (Wildman–Crippen MR) is 82.9 cm³/mol. The van der Waals surface area contributed by atoms with Crippen molar-refractivity contribution in [2.24, 2.45) is 0 Å². The van der Waals surface area contributed by atoms with Gasteiger partial charge in [-0.2, -0.15) is 0 Å². The zero-order valence-corrected chi connectivity index (χ0v) is 14.3. The van der Waals surface area contributed by atoms with Gasteiger partial charge in [0, 0.05) is 6.42 Å². The second-order valence-electron chi connectivity index (χ2n) is 6.23. The number of ether oxygens (including phenoxy) is 2. The van der Waals surface area contributed by atoms with Gasteiger partial charge in [-0.3, -0.25) is 4.79 Å². The monoisotopic (exact) mass is 287 g/mol. The number of nitrogens with one attached hydrogen (secondary N) is 1. The first-order valence-corrected chi connectivity index (χ1v) is 7.80. The summed E-state index contributed by atoms with van der Waals surface area (Å²) in [5, 5.41) is 3.31. The van der Waals surface area contributed by atoms with Gasteiger partial charge in [0.1, 0.15) is 5.54 Å². The van der Waals surface area contributed by atoms with Crippen molar-refractivity contribution in [1.29, 1.82) is 0 Å². The molecule has 0 fully saturated rings. The van der Waals surface area contributed by atoms with E-state index in [-0.39, 0.29) is 17.7 Å². The maximum atomic E-state index is 12.2. The van der Waals surface area contributed by atoms with Crippen LogP contribution in [0.5, 0.6) is 0 Å². The van der Waals surface area contributed by atoms with Gasteiger partial charge in [0.15, 0.2) is 0 Å². The maximum absolute atomic E-state index is 12.2. The molecule has 120 valence electrons. The van der Waals surface area contributed by atoms with E-state index in [4.69, 9.17) is 9.47 Å². The topological polar surface area (TPSA) is 47.6 Å². The Labute approximate surface area is 124 Å². The summed E-state index contributed by atoms with van der Waals surface area (Å²) in [7, 11) is 0. The molecule has 0 aliphatic heterocycles. The van der Waals surface area contributed by atoms with Crippen LogP contribution in [0.2, 0.25) is 0 Å². The van der Waals surface area contributed by atoms with Crippen LogP contribution in [-0.4, -0.2) is 36.4 Å². The molecule has 0 aliphatic carbocycles. The first kappa shape index (κ1) is 19.4. The van der Waals surface area contributed by atoms with E-state index in [1.807, 2.05) is 20.8 Å². The van der Waals surface area contributed by atoms with Crippen LogP contribution in [0.25, 0.3) is 0 Å². The molecule has 0 aromatic carbocycles. The number of hydrogen-bond acceptors (Lipinski definition) is 4. The molecule has 0 spiro atoms. The third-order valence-electron chi connectivity index (χ3n) is 3.56. The largest absolute Gasteiger partial charge is 0.465 e. The summed E-state index contributed by atoms with van der Waals surface area (Å²) in [6.45, 7) is 15.3. The van der Waals surface area contributed by atoms with E-state index in [0.717, 1.165) is 19.4 Å². The summed E-state index contributed by atoms with van der Waals surface area (Å²) in [5.41, 5.74) is -0.852. The van der Waals surface area contributed by atoms with Crippen molar-refractivity contribution < 1.29 is 14.3 Å². The minimum Gasteiger partial charge on any atom is -0.465 e. The molecule has 2 unspecified atom stereocenters. The Bertz CT molecular complexity index is 291. The molecule has 1 N–H and O–H groups in total. The molecule has 0 bridgehead atoms. The summed E-state index contributed by atoms with van der Waals surface area (Å²) >= 11 is 0. The lowest BCUT2D eigenvalue weighted by molar-refractivity contribution is -0.154. The minimum absolute atomic E-state index is 0.0105. The lowest BCUT2D eigenvalue weighted by Gasteiger charge is -2.34. The molecule has 4 nitrogen and oxygen atoms in total.